The molecule has 1 aromatic carbocycles. The highest BCUT2D eigenvalue weighted by Crippen LogP contribution is 2.12. The zero-order chi connectivity index (χ0) is 16.3. The number of nitrogens with zero attached hydrogens (tertiary/aromatic N) is 2. The number of aliphatic imine (C=N–C) groups is 2. The van der Waals surface area contributed by atoms with E-state index in [4.69, 9.17) is 28.6 Å². The van der Waals surface area contributed by atoms with E-state index in [2.05, 4.69) is 15.3 Å². The van der Waals surface area contributed by atoms with Gasteiger partial charge in [0.15, 0.2) is 0 Å². The standard InChI is InChI=1S/C11H16ClN5/c1-7(2)15-10(13)17-11(14)16-9-5-3-8(12)4-6-9/h3-7H,1-2H3,(H5,13,14,15,16,17)/i3D,4D,5D,6D. The van der Waals surface area contributed by atoms with Gasteiger partial charge in [0.2, 0.25) is 11.9 Å². The van der Waals surface area contributed by atoms with Gasteiger partial charge in [-0.2, -0.15) is 4.99 Å². The van der Waals surface area contributed by atoms with Crippen LogP contribution in [0.1, 0.15) is 19.3 Å². The smallest absolute Gasteiger partial charge is 0.218 e. The molecule has 0 saturated heterocycles. The van der Waals surface area contributed by atoms with Crippen LogP contribution >= 0.6 is 11.6 Å². The van der Waals surface area contributed by atoms with Crippen LogP contribution in [0.5, 0.6) is 0 Å². The quantitative estimate of drug-likeness (QED) is 0.557. The van der Waals surface area contributed by atoms with Crippen molar-refractivity contribution in [2.75, 3.05) is 5.32 Å². The van der Waals surface area contributed by atoms with Crippen molar-refractivity contribution in [3.05, 3.63) is 29.2 Å². The molecule has 0 heterocycles. The Morgan fingerprint density at radius 1 is 1.35 bits per heavy atom. The van der Waals surface area contributed by atoms with E-state index in [0.717, 1.165) is 0 Å². The average Bonchev–Trinajstić information content (AvgIpc) is 2.38. The van der Waals surface area contributed by atoms with Crippen LogP contribution in [0.25, 0.3) is 0 Å². The maximum Gasteiger partial charge on any atom is 0.218 e. The molecule has 0 saturated carbocycles. The summed E-state index contributed by atoms with van der Waals surface area (Å²) in [5.74, 6) is -0.251. The Labute approximate surface area is 111 Å². The predicted molar refractivity (Wildman–Crippen MR) is 73.5 cm³/mol. The molecule has 1 rings (SSSR count). The molecule has 0 unspecified atom stereocenters. The minimum Gasteiger partial charge on any atom is -0.369 e. The van der Waals surface area contributed by atoms with Gasteiger partial charge in [0.1, 0.15) is 0 Å². The van der Waals surface area contributed by atoms with Gasteiger partial charge in [0.05, 0.1) is 5.48 Å². The first-order valence-electron chi connectivity index (χ1n) is 6.85. The van der Waals surface area contributed by atoms with Gasteiger partial charge in [-0.1, -0.05) is 11.6 Å². The summed E-state index contributed by atoms with van der Waals surface area (Å²) < 4.78 is 30.7. The lowest BCUT2D eigenvalue weighted by Crippen LogP contribution is -2.26. The fourth-order valence-electron chi connectivity index (χ4n) is 0.933. The van der Waals surface area contributed by atoms with Gasteiger partial charge in [-0.05, 0) is 38.0 Å². The molecule has 0 bridgehead atoms. The molecule has 0 amide bonds. The van der Waals surface area contributed by atoms with Gasteiger partial charge >= 0.3 is 0 Å². The minimum atomic E-state index is -0.364. The summed E-state index contributed by atoms with van der Waals surface area (Å²) in [5.41, 5.74) is 11.0. The number of guanidine groups is 2. The van der Waals surface area contributed by atoms with Crippen LogP contribution in [0.3, 0.4) is 0 Å². The molecule has 5 N–H and O–H groups in total. The number of halogens is 1. The van der Waals surface area contributed by atoms with Gasteiger partial charge in [-0.25, -0.2) is 4.99 Å². The molecule has 17 heavy (non-hydrogen) atoms. The van der Waals surface area contributed by atoms with E-state index in [1.807, 2.05) is 13.8 Å². The van der Waals surface area contributed by atoms with Gasteiger partial charge < -0.3 is 16.8 Å². The lowest BCUT2D eigenvalue weighted by Gasteiger charge is -2.05. The van der Waals surface area contributed by atoms with Crippen LogP contribution in [0.15, 0.2) is 34.2 Å². The number of hydrogen-bond acceptors (Lipinski definition) is 1. The molecule has 1 aromatic rings. The van der Waals surface area contributed by atoms with Crippen molar-refractivity contribution in [1.82, 2.24) is 0 Å². The van der Waals surface area contributed by atoms with Gasteiger partial charge in [0, 0.05) is 16.8 Å². The molecule has 5 nitrogen and oxygen atoms in total. The van der Waals surface area contributed by atoms with Crippen molar-refractivity contribution in [3.8, 4) is 0 Å². The van der Waals surface area contributed by atoms with E-state index in [0.29, 0.717) is 0 Å². The number of nitrogens with two attached hydrogens (primary N) is 2. The first kappa shape index (κ1) is 8.36. The third kappa shape index (κ3) is 5.21. The Bertz CT molecular complexity index is 586. The summed E-state index contributed by atoms with van der Waals surface area (Å²) >= 11 is 5.69. The van der Waals surface area contributed by atoms with E-state index in [9.17, 15) is 0 Å². The van der Waals surface area contributed by atoms with Gasteiger partial charge in [-0.15, -0.1) is 0 Å². The number of nitrogens with one attached hydrogen (secondary N) is 1. The fraction of sp³-hybridized carbons (Fsp3) is 0.273. The van der Waals surface area contributed by atoms with Crippen molar-refractivity contribution in [2.45, 2.75) is 19.9 Å². The van der Waals surface area contributed by atoms with E-state index < -0.39 is 0 Å². The van der Waals surface area contributed by atoms with Crippen molar-refractivity contribution in [2.24, 2.45) is 21.5 Å². The second-order valence-electron chi connectivity index (χ2n) is 3.39. The summed E-state index contributed by atoms with van der Waals surface area (Å²) in [6, 6.07) is -1.49. The third-order valence-electron chi connectivity index (χ3n) is 1.47. The third-order valence-corrected chi connectivity index (χ3v) is 1.66. The Kier molecular flexibility index (Phi) is 3.00. The molecule has 0 aliphatic rings. The van der Waals surface area contributed by atoms with Crippen LogP contribution in [0.2, 0.25) is 5.02 Å². The Balaban J connectivity index is 3.18. The number of benzene rings is 1. The lowest BCUT2D eigenvalue weighted by molar-refractivity contribution is 0.831. The minimum absolute atomic E-state index is 0.0563. The second kappa shape index (κ2) is 6.10. The fourth-order valence-corrected chi connectivity index (χ4v) is 1.03. The molecule has 0 aliphatic heterocycles. The maximum atomic E-state index is 7.75. The van der Waals surface area contributed by atoms with Crippen LogP contribution in [-0.2, 0) is 0 Å². The lowest BCUT2D eigenvalue weighted by atomic mass is 10.3. The maximum absolute atomic E-state index is 7.75. The molecule has 0 radical (unpaired) electrons. The van der Waals surface area contributed by atoms with Crippen molar-refractivity contribution < 1.29 is 5.48 Å². The normalized spacial score (nSPS) is 16.2. The van der Waals surface area contributed by atoms with E-state index >= 15 is 0 Å². The monoisotopic (exact) mass is 257 g/mol. The Hall–Kier alpha value is -1.75. The highest BCUT2D eigenvalue weighted by Gasteiger charge is 1.97. The summed E-state index contributed by atoms with van der Waals surface area (Å²) in [5, 5.41) is 2.23. The SMILES string of the molecule is [2H]c1c([2H])c(N/C(N)=N/C(N)=NC(C)C)c([2H])c([2H])c1Cl. The van der Waals surface area contributed by atoms with E-state index in [1.165, 1.54) is 0 Å². The Morgan fingerprint density at radius 2 is 1.94 bits per heavy atom. The summed E-state index contributed by atoms with van der Waals surface area (Å²) in [6.07, 6.45) is 0. The van der Waals surface area contributed by atoms with Crippen molar-refractivity contribution >= 4 is 29.2 Å². The molecule has 0 fully saturated rings. The number of rotatable bonds is 2. The van der Waals surface area contributed by atoms with Crippen molar-refractivity contribution in [1.29, 1.82) is 0 Å². The topological polar surface area (TPSA) is 88.8 Å². The molecule has 0 spiro atoms. The molecule has 0 aliphatic carbocycles. The molecule has 92 valence electrons. The van der Waals surface area contributed by atoms with Crippen LogP contribution in [0.4, 0.5) is 5.69 Å². The molecular weight excluding hydrogens is 238 g/mol. The highest BCUT2D eigenvalue weighted by atomic mass is 35.5. The van der Waals surface area contributed by atoms with Gasteiger partial charge in [0.25, 0.3) is 0 Å². The van der Waals surface area contributed by atoms with Crippen LogP contribution < -0.4 is 16.8 Å². The largest absolute Gasteiger partial charge is 0.369 e. The molecule has 0 atom stereocenters. The van der Waals surface area contributed by atoms with E-state index in [1.54, 1.807) is 0 Å². The second-order valence-corrected chi connectivity index (χ2v) is 3.77. The molecule has 0 aromatic heterocycles. The predicted octanol–water partition coefficient (Wildman–Crippen LogP) is 1.79. The summed E-state index contributed by atoms with van der Waals surface area (Å²) in [7, 11) is 0. The number of hydrogen-bond donors (Lipinski definition) is 3. The van der Waals surface area contributed by atoms with Crippen LogP contribution in [0, 0.1) is 0 Å². The molecular formula is C11H16ClN5. The van der Waals surface area contributed by atoms with E-state index in [-0.39, 0.29) is 52.8 Å². The molecule has 6 heteroatoms. The zero-order valence-electron chi connectivity index (χ0n) is 13.5. The summed E-state index contributed by atoms with van der Waals surface area (Å²) in [6.45, 7) is 3.63. The average molecular weight is 258 g/mol. The number of anilines is 1. The zero-order valence-corrected chi connectivity index (χ0v) is 10.3. The highest BCUT2D eigenvalue weighted by molar-refractivity contribution is 6.30. The Morgan fingerprint density at radius 3 is 2.47 bits per heavy atom. The first-order valence-corrected chi connectivity index (χ1v) is 5.23. The van der Waals surface area contributed by atoms with Gasteiger partial charge in [-0.3, -0.25) is 0 Å². The van der Waals surface area contributed by atoms with Crippen LogP contribution in [-0.4, -0.2) is 18.0 Å². The first-order chi connectivity index (χ1) is 9.65. The summed E-state index contributed by atoms with van der Waals surface area (Å²) in [4.78, 5) is 7.72. The van der Waals surface area contributed by atoms with Crippen molar-refractivity contribution in [3.63, 3.8) is 0 Å².